The van der Waals surface area contributed by atoms with Crippen LogP contribution in [0.3, 0.4) is 0 Å². The van der Waals surface area contributed by atoms with Gasteiger partial charge < -0.3 is 25.2 Å². The molecule has 38 heavy (non-hydrogen) atoms. The highest BCUT2D eigenvalue weighted by atomic mass is 16.5. The first kappa shape index (κ1) is 26.3. The van der Waals surface area contributed by atoms with Crippen molar-refractivity contribution in [2.24, 2.45) is 0 Å². The van der Waals surface area contributed by atoms with Crippen LogP contribution in [-0.2, 0) is 5.41 Å². The molecule has 0 fully saturated rings. The Morgan fingerprint density at radius 1 is 0.711 bits per heavy atom. The van der Waals surface area contributed by atoms with Crippen LogP contribution in [0.1, 0.15) is 36.7 Å². The number of para-hydroxylation sites is 3. The lowest BCUT2D eigenvalue weighted by Gasteiger charge is -2.23. The quantitative estimate of drug-likeness (QED) is 0.236. The van der Waals surface area contributed by atoms with Crippen molar-refractivity contribution in [3.63, 3.8) is 0 Å². The number of rotatable bonds is 7. The summed E-state index contributed by atoms with van der Waals surface area (Å²) in [7, 11) is 1.53. The number of carboxylic acid groups (broad SMARTS) is 1. The van der Waals surface area contributed by atoms with Crippen LogP contribution in [0, 0.1) is 0 Å². The van der Waals surface area contributed by atoms with Gasteiger partial charge in [-0.25, -0.2) is 9.59 Å². The number of nitrogens with one attached hydrogen (secondary N) is 2. The van der Waals surface area contributed by atoms with Crippen LogP contribution in [0.15, 0.2) is 91.0 Å². The molecule has 0 aliphatic carbocycles. The maximum atomic E-state index is 13.1. The summed E-state index contributed by atoms with van der Waals surface area (Å²) in [6.45, 7) is 6.31. The van der Waals surface area contributed by atoms with Crippen molar-refractivity contribution in [1.82, 2.24) is 0 Å². The first-order chi connectivity index (χ1) is 18.2. The number of hydrogen-bond donors (Lipinski definition) is 3. The van der Waals surface area contributed by atoms with E-state index in [9.17, 15) is 14.7 Å². The van der Waals surface area contributed by atoms with E-state index in [1.807, 2.05) is 42.5 Å². The lowest BCUT2D eigenvalue weighted by Crippen LogP contribution is -2.20. The van der Waals surface area contributed by atoms with Gasteiger partial charge in [-0.2, -0.15) is 0 Å². The molecule has 3 N–H and O–H groups in total. The predicted octanol–water partition coefficient (Wildman–Crippen LogP) is 7.79. The Kier molecular flexibility index (Phi) is 7.67. The fourth-order valence-electron chi connectivity index (χ4n) is 4.05. The Balaban J connectivity index is 1.73. The van der Waals surface area contributed by atoms with Gasteiger partial charge in [0, 0.05) is 5.56 Å². The summed E-state index contributed by atoms with van der Waals surface area (Å²) < 4.78 is 11.7. The third-order valence-corrected chi connectivity index (χ3v) is 5.94. The van der Waals surface area contributed by atoms with E-state index in [1.54, 1.807) is 42.5 Å². The SMILES string of the molecule is COc1ccccc1NC(=O)Nc1cc(-c2cccc(C(=O)O)c2)ccc1Oc1ccccc1C(C)(C)C. The molecule has 2 amide bonds. The van der Waals surface area contributed by atoms with Gasteiger partial charge in [0.15, 0.2) is 5.75 Å². The molecule has 0 bridgehead atoms. The van der Waals surface area contributed by atoms with Crippen molar-refractivity contribution in [2.75, 3.05) is 17.7 Å². The second-order valence-electron chi connectivity index (χ2n) is 9.72. The van der Waals surface area contributed by atoms with E-state index in [4.69, 9.17) is 9.47 Å². The van der Waals surface area contributed by atoms with Crippen molar-refractivity contribution in [1.29, 1.82) is 0 Å². The van der Waals surface area contributed by atoms with Gasteiger partial charge in [-0.3, -0.25) is 0 Å². The smallest absolute Gasteiger partial charge is 0.335 e. The summed E-state index contributed by atoms with van der Waals surface area (Å²) in [5, 5.41) is 15.1. The number of methoxy groups -OCH3 is 1. The zero-order valence-corrected chi connectivity index (χ0v) is 21.7. The summed E-state index contributed by atoms with van der Waals surface area (Å²) in [6, 6.07) is 26.4. The molecular weight excluding hydrogens is 480 g/mol. The molecular formula is C31H30N2O5. The predicted molar refractivity (Wildman–Crippen MR) is 150 cm³/mol. The van der Waals surface area contributed by atoms with Crippen LogP contribution in [-0.4, -0.2) is 24.2 Å². The van der Waals surface area contributed by atoms with Crippen molar-refractivity contribution in [2.45, 2.75) is 26.2 Å². The molecule has 0 aromatic heterocycles. The van der Waals surface area contributed by atoms with Crippen LogP contribution >= 0.6 is 0 Å². The van der Waals surface area contributed by atoms with Crippen LogP contribution in [0.5, 0.6) is 17.2 Å². The summed E-state index contributed by atoms with van der Waals surface area (Å²) in [5.41, 5.74) is 3.37. The summed E-state index contributed by atoms with van der Waals surface area (Å²) in [6.07, 6.45) is 0. The van der Waals surface area contributed by atoms with Gasteiger partial charge in [0.05, 0.1) is 24.0 Å². The average molecular weight is 511 g/mol. The van der Waals surface area contributed by atoms with Gasteiger partial charge in [0.1, 0.15) is 11.5 Å². The molecule has 0 spiro atoms. The van der Waals surface area contributed by atoms with Gasteiger partial charge in [-0.15, -0.1) is 0 Å². The summed E-state index contributed by atoms with van der Waals surface area (Å²) in [5.74, 6) is 0.626. The number of carboxylic acids is 1. The van der Waals surface area contributed by atoms with E-state index in [2.05, 4.69) is 31.4 Å². The topological polar surface area (TPSA) is 96.9 Å². The second-order valence-corrected chi connectivity index (χ2v) is 9.72. The normalized spacial score (nSPS) is 10.9. The van der Waals surface area contributed by atoms with E-state index < -0.39 is 12.0 Å². The molecule has 0 heterocycles. The summed E-state index contributed by atoms with van der Waals surface area (Å²) >= 11 is 0. The Labute approximate surface area is 222 Å². The average Bonchev–Trinajstić information content (AvgIpc) is 2.89. The Hall–Kier alpha value is -4.78. The molecule has 0 aliphatic rings. The van der Waals surface area contributed by atoms with Crippen molar-refractivity contribution in [3.05, 3.63) is 102 Å². The Bertz CT molecular complexity index is 1470. The minimum absolute atomic E-state index is 0.164. The van der Waals surface area contributed by atoms with Gasteiger partial charge in [0.2, 0.25) is 0 Å². The van der Waals surface area contributed by atoms with E-state index in [0.29, 0.717) is 34.2 Å². The maximum Gasteiger partial charge on any atom is 0.335 e. The third-order valence-electron chi connectivity index (χ3n) is 5.94. The van der Waals surface area contributed by atoms with Crippen molar-refractivity contribution >= 4 is 23.4 Å². The standard InChI is InChI=1S/C31H30N2O5/c1-31(2,3)23-12-5-7-14-26(23)38-28-17-16-21(20-10-9-11-22(18-20)29(34)35)19-25(28)33-30(36)32-24-13-6-8-15-27(24)37-4/h5-19H,1-4H3,(H,34,35)(H2,32,33,36). The minimum Gasteiger partial charge on any atom is -0.495 e. The molecule has 7 nitrogen and oxygen atoms in total. The van der Waals surface area contributed by atoms with Gasteiger partial charge in [-0.1, -0.05) is 69.3 Å². The molecule has 4 rings (SSSR count). The van der Waals surface area contributed by atoms with Crippen molar-refractivity contribution in [3.8, 4) is 28.4 Å². The largest absolute Gasteiger partial charge is 0.495 e. The fraction of sp³-hybridized carbons (Fsp3) is 0.161. The number of carbonyl (C=O) groups excluding carboxylic acids is 1. The van der Waals surface area contributed by atoms with Crippen LogP contribution in [0.2, 0.25) is 0 Å². The highest BCUT2D eigenvalue weighted by molar-refractivity contribution is 6.02. The highest BCUT2D eigenvalue weighted by Crippen LogP contribution is 2.38. The van der Waals surface area contributed by atoms with Gasteiger partial charge in [0.25, 0.3) is 0 Å². The molecule has 0 unspecified atom stereocenters. The molecule has 4 aromatic rings. The molecule has 7 heteroatoms. The first-order valence-corrected chi connectivity index (χ1v) is 12.1. The molecule has 0 aliphatic heterocycles. The minimum atomic E-state index is -1.01. The monoisotopic (exact) mass is 510 g/mol. The number of ether oxygens (including phenoxy) is 2. The van der Waals surface area contributed by atoms with E-state index >= 15 is 0 Å². The van der Waals surface area contributed by atoms with E-state index in [1.165, 1.54) is 13.2 Å². The summed E-state index contributed by atoms with van der Waals surface area (Å²) in [4.78, 5) is 24.6. The number of benzene rings is 4. The Morgan fingerprint density at radius 2 is 1.37 bits per heavy atom. The zero-order chi connectivity index (χ0) is 27.3. The number of carbonyl (C=O) groups is 2. The highest BCUT2D eigenvalue weighted by Gasteiger charge is 2.20. The molecule has 0 radical (unpaired) electrons. The van der Waals surface area contributed by atoms with E-state index in [0.717, 1.165) is 11.1 Å². The van der Waals surface area contributed by atoms with Crippen LogP contribution in [0.4, 0.5) is 16.2 Å². The first-order valence-electron chi connectivity index (χ1n) is 12.1. The van der Waals surface area contributed by atoms with Crippen LogP contribution < -0.4 is 20.1 Å². The fourth-order valence-corrected chi connectivity index (χ4v) is 4.05. The molecule has 0 saturated heterocycles. The lowest BCUT2D eigenvalue weighted by molar-refractivity contribution is 0.0697. The molecule has 4 aromatic carbocycles. The number of amides is 2. The molecule has 0 atom stereocenters. The van der Waals surface area contributed by atoms with Gasteiger partial charge in [-0.05, 0) is 59.0 Å². The zero-order valence-electron chi connectivity index (χ0n) is 21.7. The lowest BCUT2D eigenvalue weighted by atomic mass is 9.86. The number of anilines is 2. The third kappa shape index (κ3) is 6.13. The van der Waals surface area contributed by atoms with Crippen LogP contribution in [0.25, 0.3) is 11.1 Å². The maximum absolute atomic E-state index is 13.1. The van der Waals surface area contributed by atoms with Crippen molar-refractivity contribution < 1.29 is 24.2 Å². The van der Waals surface area contributed by atoms with Gasteiger partial charge >= 0.3 is 12.0 Å². The number of aromatic carboxylic acids is 1. The number of urea groups is 1. The number of hydrogen-bond acceptors (Lipinski definition) is 4. The molecule has 194 valence electrons. The Morgan fingerprint density at radius 3 is 2.08 bits per heavy atom. The second kappa shape index (κ2) is 11.1. The van der Waals surface area contributed by atoms with E-state index in [-0.39, 0.29) is 11.0 Å². The molecule has 0 saturated carbocycles.